The summed E-state index contributed by atoms with van der Waals surface area (Å²) in [6, 6.07) is 0. The molecule has 0 aromatic heterocycles. The maximum Gasteiger partial charge on any atom is 0.124 e. The third-order valence-electron chi connectivity index (χ3n) is 1.53. The Morgan fingerprint density at radius 3 is 2.90 bits per heavy atom. The smallest absolute Gasteiger partial charge is 0.124 e. The van der Waals surface area contributed by atoms with Gasteiger partial charge < -0.3 is 5.73 Å². The number of rotatable bonds is 1. The summed E-state index contributed by atoms with van der Waals surface area (Å²) in [6.45, 7) is 0. The van der Waals surface area contributed by atoms with Crippen LogP contribution in [-0.4, -0.2) is 12.9 Å². The highest BCUT2D eigenvalue weighted by Crippen LogP contribution is 2.08. The lowest BCUT2D eigenvalue weighted by molar-refractivity contribution is 1.03. The summed E-state index contributed by atoms with van der Waals surface area (Å²) < 4.78 is 0. The Morgan fingerprint density at radius 1 is 1.60 bits per heavy atom. The number of aliphatic imine (C=N–C) groups is 1. The number of amidine groups is 1. The van der Waals surface area contributed by atoms with Crippen molar-refractivity contribution in [2.75, 3.05) is 7.05 Å². The summed E-state index contributed by atoms with van der Waals surface area (Å²) >= 11 is 0. The SMILES string of the molecule is CN=C(N)C1=CCCC=C1. The first-order valence-corrected chi connectivity index (χ1v) is 3.44. The highest BCUT2D eigenvalue weighted by molar-refractivity contribution is 5.99. The van der Waals surface area contributed by atoms with Crippen LogP contribution in [0.4, 0.5) is 0 Å². The van der Waals surface area contributed by atoms with Crippen molar-refractivity contribution in [2.45, 2.75) is 12.8 Å². The Labute approximate surface area is 61.1 Å². The number of hydrogen-bond acceptors (Lipinski definition) is 1. The van der Waals surface area contributed by atoms with E-state index in [-0.39, 0.29) is 0 Å². The topological polar surface area (TPSA) is 38.4 Å². The van der Waals surface area contributed by atoms with Gasteiger partial charge in [0.15, 0.2) is 0 Å². The van der Waals surface area contributed by atoms with E-state index in [0.29, 0.717) is 5.84 Å². The van der Waals surface area contributed by atoms with Gasteiger partial charge in [-0.15, -0.1) is 0 Å². The molecular formula is C8H12N2. The Bertz CT molecular complexity index is 199. The summed E-state index contributed by atoms with van der Waals surface area (Å²) in [7, 11) is 1.71. The predicted molar refractivity (Wildman–Crippen MR) is 44.0 cm³/mol. The summed E-state index contributed by atoms with van der Waals surface area (Å²) in [5, 5.41) is 0. The molecule has 0 radical (unpaired) electrons. The van der Waals surface area contributed by atoms with E-state index in [1.54, 1.807) is 7.05 Å². The van der Waals surface area contributed by atoms with E-state index >= 15 is 0 Å². The molecule has 0 heterocycles. The molecule has 2 heteroatoms. The van der Waals surface area contributed by atoms with E-state index in [1.165, 1.54) is 0 Å². The lowest BCUT2D eigenvalue weighted by Gasteiger charge is -2.04. The maximum absolute atomic E-state index is 5.58. The lowest BCUT2D eigenvalue weighted by atomic mass is 10.1. The van der Waals surface area contributed by atoms with Crippen molar-refractivity contribution in [1.82, 2.24) is 0 Å². The predicted octanol–water partition coefficient (Wildman–Crippen LogP) is 1.25. The second kappa shape index (κ2) is 3.20. The van der Waals surface area contributed by atoms with Crippen LogP contribution in [0.15, 0.2) is 28.8 Å². The summed E-state index contributed by atoms with van der Waals surface area (Å²) in [5.41, 5.74) is 6.64. The van der Waals surface area contributed by atoms with E-state index in [9.17, 15) is 0 Å². The van der Waals surface area contributed by atoms with Gasteiger partial charge in [0.05, 0.1) is 0 Å². The minimum absolute atomic E-state index is 0.635. The van der Waals surface area contributed by atoms with Crippen molar-refractivity contribution in [1.29, 1.82) is 0 Å². The first-order valence-electron chi connectivity index (χ1n) is 3.44. The zero-order chi connectivity index (χ0) is 7.40. The Balaban J connectivity index is 2.72. The molecule has 54 valence electrons. The van der Waals surface area contributed by atoms with E-state index < -0.39 is 0 Å². The molecule has 0 fully saturated rings. The maximum atomic E-state index is 5.58. The fourth-order valence-corrected chi connectivity index (χ4v) is 0.932. The van der Waals surface area contributed by atoms with Crippen LogP contribution in [0.5, 0.6) is 0 Å². The molecule has 0 aromatic rings. The number of nitrogens with zero attached hydrogens (tertiary/aromatic N) is 1. The van der Waals surface area contributed by atoms with Gasteiger partial charge in [-0.3, -0.25) is 4.99 Å². The fraction of sp³-hybridized carbons (Fsp3) is 0.375. The Morgan fingerprint density at radius 2 is 2.40 bits per heavy atom. The molecule has 0 atom stereocenters. The van der Waals surface area contributed by atoms with Crippen LogP contribution in [-0.2, 0) is 0 Å². The van der Waals surface area contributed by atoms with E-state index in [0.717, 1.165) is 18.4 Å². The van der Waals surface area contributed by atoms with Crippen LogP contribution in [0.25, 0.3) is 0 Å². The lowest BCUT2D eigenvalue weighted by Crippen LogP contribution is -2.14. The third kappa shape index (κ3) is 1.47. The quantitative estimate of drug-likeness (QED) is 0.427. The molecule has 1 rings (SSSR count). The van der Waals surface area contributed by atoms with Crippen molar-refractivity contribution < 1.29 is 0 Å². The van der Waals surface area contributed by atoms with Crippen molar-refractivity contribution in [3.8, 4) is 0 Å². The molecule has 1 aliphatic rings. The second-order valence-electron chi connectivity index (χ2n) is 2.25. The van der Waals surface area contributed by atoms with Crippen LogP contribution in [0.2, 0.25) is 0 Å². The van der Waals surface area contributed by atoms with Gasteiger partial charge in [0.2, 0.25) is 0 Å². The van der Waals surface area contributed by atoms with Gasteiger partial charge in [-0.2, -0.15) is 0 Å². The number of allylic oxidation sites excluding steroid dienone is 2. The summed E-state index contributed by atoms with van der Waals surface area (Å²) in [4.78, 5) is 3.89. The van der Waals surface area contributed by atoms with Crippen molar-refractivity contribution >= 4 is 5.84 Å². The highest BCUT2D eigenvalue weighted by atomic mass is 14.8. The molecule has 2 N–H and O–H groups in total. The van der Waals surface area contributed by atoms with Crippen LogP contribution in [0.1, 0.15) is 12.8 Å². The van der Waals surface area contributed by atoms with Gasteiger partial charge in [0.25, 0.3) is 0 Å². The average molecular weight is 136 g/mol. The minimum atomic E-state index is 0.635. The molecule has 0 unspecified atom stereocenters. The summed E-state index contributed by atoms with van der Waals surface area (Å²) in [5.74, 6) is 0.635. The molecular weight excluding hydrogens is 124 g/mol. The van der Waals surface area contributed by atoms with Crippen LogP contribution >= 0.6 is 0 Å². The van der Waals surface area contributed by atoms with Gasteiger partial charge in [-0.25, -0.2) is 0 Å². The zero-order valence-corrected chi connectivity index (χ0v) is 6.17. The second-order valence-corrected chi connectivity index (χ2v) is 2.25. The van der Waals surface area contributed by atoms with Crippen LogP contribution in [0, 0.1) is 0 Å². The molecule has 10 heavy (non-hydrogen) atoms. The van der Waals surface area contributed by atoms with Crippen LogP contribution < -0.4 is 5.73 Å². The van der Waals surface area contributed by atoms with Crippen molar-refractivity contribution in [2.24, 2.45) is 10.7 Å². The molecule has 0 bridgehead atoms. The van der Waals surface area contributed by atoms with Crippen molar-refractivity contribution in [3.05, 3.63) is 23.8 Å². The van der Waals surface area contributed by atoms with Gasteiger partial charge in [-0.05, 0) is 12.8 Å². The Hall–Kier alpha value is -1.05. The van der Waals surface area contributed by atoms with E-state index in [1.807, 2.05) is 6.08 Å². The summed E-state index contributed by atoms with van der Waals surface area (Å²) in [6.07, 6.45) is 8.46. The first kappa shape index (κ1) is 7.06. The molecule has 0 amide bonds. The van der Waals surface area contributed by atoms with Gasteiger partial charge >= 0.3 is 0 Å². The number of nitrogens with two attached hydrogens (primary N) is 1. The van der Waals surface area contributed by atoms with Gasteiger partial charge in [0, 0.05) is 12.6 Å². The third-order valence-corrected chi connectivity index (χ3v) is 1.53. The molecule has 0 saturated heterocycles. The molecule has 0 spiro atoms. The minimum Gasteiger partial charge on any atom is -0.384 e. The van der Waals surface area contributed by atoms with Crippen molar-refractivity contribution in [3.63, 3.8) is 0 Å². The van der Waals surface area contributed by atoms with Gasteiger partial charge in [-0.1, -0.05) is 18.2 Å². The molecule has 2 nitrogen and oxygen atoms in total. The monoisotopic (exact) mass is 136 g/mol. The molecule has 0 aliphatic heterocycles. The normalized spacial score (nSPS) is 18.9. The molecule has 0 aromatic carbocycles. The molecule has 0 saturated carbocycles. The van der Waals surface area contributed by atoms with Crippen LogP contribution in [0.3, 0.4) is 0 Å². The Kier molecular flexibility index (Phi) is 2.26. The largest absolute Gasteiger partial charge is 0.384 e. The van der Waals surface area contributed by atoms with Gasteiger partial charge in [0.1, 0.15) is 5.84 Å². The first-order chi connectivity index (χ1) is 4.84. The fourth-order valence-electron chi connectivity index (χ4n) is 0.932. The number of hydrogen-bond donors (Lipinski definition) is 1. The van der Waals surface area contributed by atoms with E-state index in [4.69, 9.17) is 5.73 Å². The standard InChI is InChI=1S/C8H12N2/c1-10-8(9)7-5-3-2-4-6-7/h3,5-6H,2,4H2,1H3,(H2,9,10). The molecule has 1 aliphatic carbocycles. The highest BCUT2D eigenvalue weighted by Gasteiger charge is 1.99. The zero-order valence-electron chi connectivity index (χ0n) is 6.17. The average Bonchev–Trinajstić information content (AvgIpc) is 2.05. The van der Waals surface area contributed by atoms with E-state index in [2.05, 4.69) is 17.1 Å².